The molecule has 3 aromatic rings. The Morgan fingerprint density at radius 2 is 1.26 bits per heavy atom. The fourth-order valence-electron chi connectivity index (χ4n) is 3.73. The van der Waals surface area contributed by atoms with E-state index in [0.29, 0.717) is 5.56 Å². The van der Waals surface area contributed by atoms with Gasteiger partial charge in [-0.3, -0.25) is 34.7 Å². The molecule has 196 valence electrons. The maximum absolute atomic E-state index is 13.4. The van der Waals surface area contributed by atoms with Gasteiger partial charge in [0.15, 0.2) is 0 Å². The van der Waals surface area contributed by atoms with Crippen LogP contribution in [0.1, 0.15) is 36.0 Å². The third-order valence-electron chi connectivity index (χ3n) is 5.68. The van der Waals surface area contributed by atoms with Gasteiger partial charge in [-0.2, -0.15) is 0 Å². The van der Waals surface area contributed by atoms with Gasteiger partial charge in [0.1, 0.15) is 0 Å². The van der Waals surface area contributed by atoms with Gasteiger partial charge in [-0.25, -0.2) is 5.01 Å². The quantitative estimate of drug-likeness (QED) is 0.292. The highest BCUT2D eigenvalue weighted by Gasteiger charge is 2.32. The van der Waals surface area contributed by atoms with E-state index in [4.69, 9.17) is 5.73 Å². The molecule has 10 nitrogen and oxygen atoms in total. The van der Waals surface area contributed by atoms with E-state index in [0.717, 1.165) is 21.3 Å². The van der Waals surface area contributed by atoms with Crippen molar-refractivity contribution in [1.82, 2.24) is 20.9 Å². The van der Waals surface area contributed by atoms with Gasteiger partial charge in [0.25, 0.3) is 0 Å². The van der Waals surface area contributed by atoms with E-state index in [1.54, 1.807) is 37.3 Å². The predicted molar refractivity (Wildman–Crippen MR) is 139 cm³/mol. The number of hydrazine groups is 2. The largest absolute Gasteiger partial charge is 0.361 e. The number of rotatable bonds is 9. The van der Waals surface area contributed by atoms with E-state index in [-0.39, 0.29) is 19.5 Å². The van der Waals surface area contributed by atoms with Crippen molar-refractivity contribution in [1.29, 1.82) is 0 Å². The van der Waals surface area contributed by atoms with Gasteiger partial charge >= 0.3 is 23.6 Å². The second-order valence-electron chi connectivity index (χ2n) is 8.34. The number of hydrogen-bond donors (Lipinski definition) is 3. The van der Waals surface area contributed by atoms with Gasteiger partial charge in [0.05, 0.1) is 13.1 Å². The molecule has 10 heteroatoms. The summed E-state index contributed by atoms with van der Waals surface area (Å²) >= 11 is 0. The number of nitrogens with two attached hydrogens (primary N) is 1. The minimum absolute atomic E-state index is 0.0100. The average molecular weight is 516 g/mol. The topological polar surface area (TPSA) is 142 Å². The summed E-state index contributed by atoms with van der Waals surface area (Å²) in [5.41, 5.74) is 9.92. The lowest BCUT2D eigenvalue weighted by molar-refractivity contribution is -0.170. The Labute approximate surface area is 220 Å². The summed E-state index contributed by atoms with van der Waals surface area (Å²) < 4.78 is 0. The lowest BCUT2D eigenvalue weighted by Gasteiger charge is -2.36. The van der Waals surface area contributed by atoms with E-state index in [9.17, 15) is 24.0 Å². The zero-order valence-electron chi connectivity index (χ0n) is 20.9. The van der Waals surface area contributed by atoms with Gasteiger partial charge in [-0.15, -0.1) is 5.12 Å². The molecule has 3 rings (SSSR count). The molecule has 5 amide bonds. The number of nitrogens with zero attached hydrogens (tertiary/aromatic N) is 2. The Bertz CT molecular complexity index is 1230. The third kappa shape index (κ3) is 7.58. The van der Waals surface area contributed by atoms with Crippen LogP contribution in [0.4, 0.5) is 0 Å². The Morgan fingerprint density at radius 3 is 1.74 bits per heavy atom. The van der Waals surface area contributed by atoms with Crippen LogP contribution in [0, 0.1) is 0 Å². The average Bonchev–Trinajstić information content (AvgIpc) is 2.94. The molecule has 0 saturated carbocycles. The number of imide groups is 1. The van der Waals surface area contributed by atoms with E-state index < -0.39 is 35.5 Å². The Balaban J connectivity index is 2.07. The van der Waals surface area contributed by atoms with Crippen molar-refractivity contribution in [2.75, 3.05) is 6.54 Å². The monoisotopic (exact) mass is 515 g/mol. The Hall–Kier alpha value is -4.83. The molecule has 3 aromatic carbocycles. The minimum atomic E-state index is -1.27. The van der Waals surface area contributed by atoms with Crippen LogP contribution < -0.4 is 16.5 Å². The summed E-state index contributed by atoms with van der Waals surface area (Å²) in [7, 11) is 0. The van der Waals surface area contributed by atoms with Gasteiger partial charge in [0, 0.05) is 12.3 Å². The van der Waals surface area contributed by atoms with Gasteiger partial charge in [-0.1, -0.05) is 97.9 Å². The predicted octanol–water partition coefficient (Wildman–Crippen LogP) is 1.63. The first-order valence-corrected chi connectivity index (χ1v) is 12.0. The molecule has 38 heavy (non-hydrogen) atoms. The first-order chi connectivity index (χ1) is 18.3. The summed E-state index contributed by atoms with van der Waals surface area (Å²) in [4.78, 5) is 62.1. The fraction of sp³-hybridized carbons (Fsp3) is 0.179. The maximum Gasteiger partial charge on any atom is 0.328 e. The number of carbonyl (C=O) groups excluding carboxylic acids is 5. The SMILES string of the molecule is CCC(=O)NC(=O)C(=O)N(Cc1ccccc1)N(CC(c1ccccc1)c1ccccc1)NC(=O)C(N)=O. The highest BCUT2D eigenvalue weighted by atomic mass is 16.2. The Morgan fingerprint density at radius 1 is 0.763 bits per heavy atom. The first kappa shape index (κ1) is 27.8. The molecule has 0 atom stereocenters. The van der Waals surface area contributed by atoms with Gasteiger partial charge in [-0.05, 0) is 16.7 Å². The summed E-state index contributed by atoms with van der Waals surface area (Å²) in [6.07, 6.45) is -0.0100. The maximum atomic E-state index is 13.4. The molecule has 0 spiro atoms. The molecular weight excluding hydrogens is 486 g/mol. The molecule has 0 aromatic heterocycles. The van der Waals surface area contributed by atoms with Crippen LogP contribution in [0.5, 0.6) is 0 Å². The second-order valence-corrected chi connectivity index (χ2v) is 8.34. The lowest BCUT2D eigenvalue weighted by atomic mass is 9.91. The molecule has 0 aliphatic rings. The van der Waals surface area contributed by atoms with E-state index >= 15 is 0 Å². The number of nitrogens with one attached hydrogen (secondary N) is 2. The number of primary amides is 1. The summed E-state index contributed by atoms with van der Waals surface area (Å²) in [5, 5.41) is 4.12. The van der Waals surface area contributed by atoms with Crippen molar-refractivity contribution in [3.63, 3.8) is 0 Å². The van der Waals surface area contributed by atoms with Crippen molar-refractivity contribution in [3.8, 4) is 0 Å². The zero-order chi connectivity index (χ0) is 27.5. The number of amides is 5. The van der Waals surface area contributed by atoms with E-state index in [2.05, 4.69) is 5.43 Å². The van der Waals surface area contributed by atoms with Crippen LogP contribution in [-0.2, 0) is 30.5 Å². The van der Waals surface area contributed by atoms with Crippen LogP contribution in [0.15, 0.2) is 91.0 Å². The fourth-order valence-corrected chi connectivity index (χ4v) is 3.73. The molecule has 0 bridgehead atoms. The Kier molecular flexibility index (Phi) is 9.84. The molecule has 0 heterocycles. The summed E-state index contributed by atoms with van der Waals surface area (Å²) in [5.74, 6) is -5.79. The van der Waals surface area contributed by atoms with Crippen molar-refractivity contribution >= 4 is 29.5 Å². The normalized spacial score (nSPS) is 10.6. The van der Waals surface area contributed by atoms with Crippen molar-refractivity contribution in [2.45, 2.75) is 25.8 Å². The van der Waals surface area contributed by atoms with Crippen LogP contribution >= 0.6 is 0 Å². The van der Waals surface area contributed by atoms with Crippen molar-refractivity contribution in [2.24, 2.45) is 5.73 Å². The molecule has 0 fully saturated rings. The van der Waals surface area contributed by atoms with Crippen molar-refractivity contribution < 1.29 is 24.0 Å². The minimum Gasteiger partial charge on any atom is -0.361 e. The van der Waals surface area contributed by atoms with E-state index in [1.165, 1.54) is 0 Å². The molecule has 0 aliphatic carbocycles. The summed E-state index contributed by atoms with van der Waals surface area (Å²) in [6, 6.07) is 27.5. The summed E-state index contributed by atoms with van der Waals surface area (Å²) in [6.45, 7) is 1.34. The molecule has 4 N–H and O–H groups in total. The number of hydrogen-bond acceptors (Lipinski definition) is 6. The first-order valence-electron chi connectivity index (χ1n) is 12.0. The highest BCUT2D eigenvalue weighted by Crippen LogP contribution is 2.26. The van der Waals surface area contributed by atoms with Crippen LogP contribution in [0.25, 0.3) is 0 Å². The van der Waals surface area contributed by atoms with Crippen LogP contribution in [0.2, 0.25) is 0 Å². The smallest absolute Gasteiger partial charge is 0.328 e. The lowest BCUT2D eigenvalue weighted by Crippen LogP contribution is -2.60. The van der Waals surface area contributed by atoms with Gasteiger partial charge in [0.2, 0.25) is 5.91 Å². The van der Waals surface area contributed by atoms with Crippen molar-refractivity contribution in [3.05, 3.63) is 108 Å². The standard InChI is InChI=1S/C28H29N5O5/c1-2-24(34)30-27(37)28(38)32(18-20-12-6-3-7-13-20)33(31-26(36)25(29)35)19-23(21-14-8-4-9-15-21)22-16-10-5-11-17-22/h3-17,23H,2,18-19H2,1H3,(H2,29,35)(H,31,36)(H,30,34,37). The van der Waals surface area contributed by atoms with Crippen LogP contribution in [-0.4, -0.2) is 46.2 Å². The second kappa shape index (κ2) is 13.5. The molecule has 0 saturated heterocycles. The van der Waals surface area contributed by atoms with E-state index in [1.807, 2.05) is 66.0 Å². The molecule has 0 radical (unpaired) electrons. The zero-order valence-corrected chi connectivity index (χ0v) is 20.9. The number of carbonyl (C=O) groups is 5. The highest BCUT2D eigenvalue weighted by molar-refractivity contribution is 6.37. The number of benzene rings is 3. The van der Waals surface area contributed by atoms with Gasteiger partial charge < -0.3 is 5.73 Å². The molecule has 0 aliphatic heterocycles. The molecule has 0 unspecified atom stereocenters. The van der Waals surface area contributed by atoms with Crippen LogP contribution in [0.3, 0.4) is 0 Å². The third-order valence-corrected chi connectivity index (χ3v) is 5.68. The molecular formula is C28H29N5O5.